The molecule has 82 valence electrons. The van der Waals surface area contributed by atoms with Crippen LogP contribution in [0.5, 0.6) is 0 Å². The topological polar surface area (TPSA) is 47.3 Å². The average molecular weight is 198 g/mol. The Hall–Kier alpha value is -0.120. The molecule has 0 heterocycles. The van der Waals surface area contributed by atoms with Gasteiger partial charge in [-0.1, -0.05) is 0 Å². The molecule has 0 aliphatic heterocycles. The highest BCUT2D eigenvalue weighted by Crippen LogP contribution is 2.25. The third kappa shape index (κ3) is 2.27. The van der Waals surface area contributed by atoms with Gasteiger partial charge in [-0.15, -0.1) is 0 Å². The molecular formula is C11H22N2O. The van der Waals surface area contributed by atoms with Gasteiger partial charge < -0.3 is 15.8 Å². The first kappa shape index (κ1) is 10.4. The van der Waals surface area contributed by atoms with Gasteiger partial charge in [-0.3, -0.25) is 0 Å². The van der Waals surface area contributed by atoms with Crippen LogP contribution in [0.1, 0.15) is 38.5 Å². The van der Waals surface area contributed by atoms with Gasteiger partial charge in [0.15, 0.2) is 0 Å². The SMILES string of the molecule is COC1CCCC1NC1CCC(N)C1. The largest absolute Gasteiger partial charge is 0.380 e. The number of nitrogens with two attached hydrogens (primary N) is 1. The predicted octanol–water partition coefficient (Wildman–Crippen LogP) is 1.02. The smallest absolute Gasteiger partial charge is 0.0724 e. The highest BCUT2D eigenvalue weighted by Gasteiger charge is 2.31. The van der Waals surface area contributed by atoms with Crippen LogP contribution in [0.15, 0.2) is 0 Å². The van der Waals surface area contributed by atoms with E-state index in [1.54, 1.807) is 0 Å². The van der Waals surface area contributed by atoms with Crippen LogP contribution in [0.2, 0.25) is 0 Å². The van der Waals surface area contributed by atoms with Crippen LogP contribution in [-0.2, 0) is 4.74 Å². The molecule has 3 heteroatoms. The summed E-state index contributed by atoms with van der Waals surface area (Å²) in [5, 5.41) is 3.70. The highest BCUT2D eigenvalue weighted by atomic mass is 16.5. The van der Waals surface area contributed by atoms with Crippen molar-refractivity contribution in [2.75, 3.05) is 7.11 Å². The van der Waals surface area contributed by atoms with Crippen LogP contribution in [0.4, 0.5) is 0 Å². The van der Waals surface area contributed by atoms with E-state index < -0.39 is 0 Å². The Labute approximate surface area is 86.4 Å². The molecule has 2 aliphatic rings. The molecule has 2 fully saturated rings. The quantitative estimate of drug-likeness (QED) is 0.712. The fourth-order valence-corrected chi connectivity index (χ4v) is 2.87. The zero-order chi connectivity index (χ0) is 9.97. The summed E-state index contributed by atoms with van der Waals surface area (Å²) in [6.45, 7) is 0. The molecule has 0 aromatic heterocycles. The van der Waals surface area contributed by atoms with Crippen molar-refractivity contribution >= 4 is 0 Å². The minimum Gasteiger partial charge on any atom is -0.380 e. The number of nitrogens with one attached hydrogen (secondary N) is 1. The van der Waals surface area contributed by atoms with Crippen LogP contribution >= 0.6 is 0 Å². The van der Waals surface area contributed by atoms with Gasteiger partial charge >= 0.3 is 0 Å². The Bertz CT molecular complexity index is 186. The van der Waals surface area contributed by atoms with E-state index >= 15 is 0 Å². The molecule has 4 unspecified atom stereocenters. The third-order valence-electron chi connectivity index (χ3n) is 3.68. The number of hydrogen-bond acceptors (Lipinski definition) is 3. The van der Waals surface area contributed by atoms with Crippen molar-refractivity contribution in [3.05, 3.63) is 0 Å². The Kier molecular flexibility index (Phi) is 3.42. The molecule has 14 heavy (non-hydrogen) atoms. The molecule has 0 saturated heterocycles. The van der Waals surface area contributed by atoms with Gasteiger partial charge in [0.05, 0.1) is 6.10 Å². The van der Waals surface area contributed by atoms with E-state index in [1.165, 1.54) is 32.1 Å². The normalized spacial score (nSPS) is 43.3. The van der Waals surface area contributed by atoms with Gasteiger partial charge in [-0.05, 0) is 38.5 Å². The van der Waals surface area contributed by atoms with E-state index in [1.807, 2.05) is 7.11 Å². The first-order chi connectivity index (χ1) is 6.79. The maximum atomic E-state index is 5.90. The lowest BCUT2D eigenvalue weighted by molar-refractivity contribution is 0.0814. The summed E-state index contributed by atoms with van der Waals surface area (Å²) in [6, 6.07) is 1.65. The second-order valence-electron chi connectivity index (χ2n) is 4.75. The lowest BCUT2D eigenvalue weighted by Gasteiger charge is -2.23. The van der Waals surface area contributed by atoms with Gasteiger partial charge in [0.25, 0.3) is 0 Å². The molecule has 0 aromatic carbocycles. The van der Waals surface area contributed by atoms with Gasteiger partial charge in [0.2, 0.25) is 0 Å². The predicted molar refractivity (Wildman–Crippen MR) is 57.2 cm³/mol. The minimum absolute atomic E-state index is 0.426. The van der Waals surface area contributed by atoms with Crippen LogP contribution in [-0.4, -0.2) is 31.3 Å². The first-order valence-electron chi connectivity index (χ1n) is 5.84. The monoisotopic (exact) mass is 198 g/mol. The summed E-state index contributed by atoms with van der Waals surface area (Å²) in [7, 11) is 1.82. The van der Waals surface area contributed by atoms with Crippen molar-refractivity contribution in [3.8, 4) is 0 Å². The first-order valence-corrected chi connectivity index (χ1v) is 5.84. The van der Waals surface area contributed by atoms with Crippen molar-refractivity contribution in [1.82, 2.24) is 5.32 Å². The fraction of sp³-hybridized carbons (Fsp3) is 1.00. The molecule has 0 aromatic rings. The van der Waals surface area contributed by atoms with Crippen LogP contribution in [0.25, 0.3) is 0 Å². The second-order valence-corrected chi connectivity index (χ2v) is 4.75. The maximum Gasteiger partial charge on any atom is 0.0724 e. The maximum absolute atomic E-state index is 5.90. The zero-order valence-corrected chi connectivity index (χ0v) is 9.04. The minimum atomic E-state index is 0.426. The summed E-state index contributed by atoms with van der Waals surface area (Å²) in [6.07, 6.45) is 7.79. The van der Waals surface area contributed by atoms with Crippen LogP contribution < -0.4 is 11.1 Å². The Morgan fingerprint density at radius 1 is 1.21 bits per heavy atom. The highest BCUT2D eigenvalue weighted by molar-refractivity contribution is 4.90. The molecule has 0 radical (unpaired) electrons. The van der Waals surface area contributed by atoms with Gasteiger partial charge in [-0.2, -0.15) is 0 Å². The number of hydrogen-bond donors (Lipinski definition) is 2. The molecule has 3 nitrogen and oxygen atoms in total. The summed E-state index contributed by atoms with van der Waals surface area (Å²) in [5.74, 6) is 0. The molecule has 2 saturated carbocycles. The van der Waals surface area contributed by atoms with Gasteiger partial charge in [0.1, 0.15) is 0 Å². The van der Waals surface area contributed by atoms with E-state index in [0.29, 0.717) is 24.2 Å². The van der Waals surface area contributed by atoms with E-state index in [4.69, 9.17) is 10.5 Å². The van der Waals surface area contributed by atoms with Crippen molar-refractivity contribution < 1.29 is 4.74 Å². The number of methoxy groups -OCH3 is 1. The van der Waals surface area contributed by atoms with E-state index in [0.717, 1.165) is 6.42 Å². The molecule has 3 N–H and O–H groups in total. The lowest BCUT2D eigenvalue weighted by Crippen LogP contribution is -2.42. The molecule has 4 atom stereocenters. The summed E-state index contributed by atoms with van der Waals surface area (Å²) in [4.78, 5) is 0. The van der Waals surface area contributed by atoms with Gasteiger partial charge in [0, 0.05) is 25.2 Å². The number of rotatable bonds is 3. The molecule has 0 amide bonds. The summed E-state index contributed by atoms with van der Waals surface area (Å²) >= 11 is 0. The lowest BCUT2D eigenvalue weighted by atomic mass is 10.1. The Balaban J connectivity index is 1.79. The Morgan fingerprint density at radius 2 is 2.07 bits per heavy atom. The van der Waals surface area contributed by atoms with Crippen molar-refractivity contribution in [3.63, 3.8) is 0 Å². The van der Waals surface area contributed by atoms with Crippen molar-refractivity contribution in [2.45, 2.75) is 62.8 Å². The van der Waals surface area contributed by atoms with Crippen molar-refractivity contribution in [2.24, 2.45) is 5.73 Å². The van der Waals surface area contributed by atoms with E-state index in [9.17, 15) is 0 Å². The molecule has 2 aliphatic carbocycles. The molecule has 2 rings (SSSR count). The zero-order valence-electron chi connectivity index (χ0n) is 9.04. The Morgan fingerprint density at radius 3 is 2.71 bits per heavy atom. The van der Waals surface area contributed by atoms with E-state index in [2.05, 4.69) is 5.32 Å². The summed E-state index contributed by atoms with van der Waals surface area (Å²) < 4.78 is 5.47. The van der Waals surface area contributed by atoms with Crippen molar-refractivity contribution in [1.29, 1.82) is 0 Å². The summed E-state index contributed by atoms with van der Waals surface area (Å²) in [5.41, 5.74) is 5.90. The van der Waals surface area contributed by atoms with Gasteiger partial charge in [-0.25, -0.2) is 0 Å². The molecular weight excluding hydrogens is 176 g/mol. The average Bonchev–Trinajstić information content (AvgIpc) is 2.76. The van der Waals surface area contributed by atoms with Crippen LogP contribution in [0.3, 0.4) is 0 Å². The second kappa shape index (κ2) is 4.60. The van der Waals surface area contributed by atoms with E-state index in [-0.39, 0.29) is 0 Å². The fourth-order valence-electron chi connectivity index (χ4n) is 2.87. The standard InChI is InChI=1S/C11H22N2O/c1-14-11-4-2-3-10(11)13-9-6-5-8(12)7-9/h8-11,13H,2-7,12H2,1H3. The number of ether oxygens (including phenoxy) is 1. The third-order valence-corrected chi connectivity index (χ3v) is 3.68. The molecule has 0 bridgehead atoms. The molecule has 0 spiro atoms. The van der Waals surface area contributed by atoms with Crippen LogP contribution in [0, 0.1) is 0 Å².